The molecule has 1 aliphatic heterocycles. The Bertz CT molecular complexity index is 1050. The van der Waals surface area contributed by atoms with E-state index in [-0.39, 0.29) is 37.2 Å². The number of rotatable bonds is 5. The third-order valence-electron chi connectivity index (χ3n) is 5.95. The van der Waals surface area contributed by atoms with E-state index >= 15 is 0 Å². The molecular weight excluding hydrogens is 409 g/mol. The van der Waals surface area contributed by atoms with Crippen molar-refractivity contribution in [1.82, 2.24) is 0 Å². The Balaban J connectivity index is 1.48. The number of halogens is 2. The molecule has 1 amide bonds. The van der Waals surface area contributed by atoms with Crippen molar-refractivity contribution < 1.29 is 23.9 Å². The molecule has 5 nitrogen and oxygen atoms in total. The molecule has 1 saturated heterocycles. The number of carbonyl (C=O) groups excluding carboxylic acids is 3. The maximum atomic E-state index is 13.9. The minimum Gasteiger partial charge on any atom is -0.373 e. The number of aryl methyl sites for hydroxylation is 2. The number of anilines is 1. The monoisotopic (exact) mass is 429 g/mol. The van der Waals surface area contributed by atoms with Crippen molar-refractivity contribution in [3.63, 3.8) is 0 Å². The molecule has 0 aromatic heterocycles. The fourth-order valence-corrected chi connectivity index (χ4v) is 4.36. The zero-order chi connectivity index (χ0) is 21.5. The molecule has 7 heteroatoms. The van der Waals surface area contributed by atoms with Crippen molar-refractivity contribution in [3.8, 4) is 0 Å². The summed E-state index contributed by atoms with van der Waals surface area (Å²) in [7, 11) is 0. The molecule has 2 aromatic carbocycles. The van der Waals surface area contributed by atoms with Gasteiger partial charge < -0.3 is 10.0 Å². The predicted molar refractivity (Wildman–Crippen MR) is 110 cm³/mol. The summed E-state index contributed by atoms with van der Waals surface area (Å²) in [4.78, 5) is 38.7. The average Bonchev–Trinajstić information content (AvgIpc) is 3.04. The molecule has 4 rings (SSSR count). The Hall–Kier alpha value is -2.57. The summed E-state index contributed by atoms with van der Waals surface area (Å²) >= 11 is 5.87. The maximum absolute atomic E-state index is 13.9. The number of hydrogen-bond donors (Lipinski definition) is 1. The number of aliphatic hydroxyl groups is 1. The normalized spacial score (nSPS) is 21.1. The first-order chi connectivity index (χ1) is 14.3. The molecule has 0 bridgehead atoms. The highest BCUT2D eigenvalue weighted by molar-refractivity contribution is 6.30. The van der Waals surface area contributed by atoms with Crippen LogP contribution in [0.5, 0.6) is 0 Å². The number of fused-ring (bicyclic) bond motifs is 1. The van der Waals surface area contributed by atoms with Crippen LogP contribution in [0.15, 0.2) is 36.4 Å². The molecule has 1 fully saturated rings. The van der Waals surface area contributed by atoms with Crippen molar-refractivity contribution in [2.24, 2.45) is 0 Å². The highest BCUT2D eigenvalue weighted by atomic mass is 35.5. The van der Waals surface area contributed by atoms with Gasteiger partial charge in [0.05, 0.1) is 0 Å². The van der Waals surface area contributed by atoms with Crippen LogP contribution in [0.25, 0.3) is 0 Å². The molecule has 2 aliphatic rings. The van der Waals surface area contributed by atoms with Gasteiger partial charge in [-0.2, -0.15) is 0 Å². The first-order valence-electron chi connectivity index (χ1n) is 9.93. The van der Waals surface area contributed by atoms with E-state index < -0.39 is 23.1 Å². The molecule has 1 heterocycles. The third kappa shape index (κ3) is 3.77. The van der Waals surface area contributed by atoms with Gasteiger partial charge >= 0.3 is 0 Å². The summed E-state index contributed by atoms with van der Waals surface area (Å²) in [6.45, 7) is 0.213. The number of carbonyl (C=O) groups is 3. The predicted octanol–water partition coefficient (Wildman–Crippen LogP) is 3.21. The smallest absolute Gasteiger partial charge is 0.266 e. The summed E-state index contributed by atoms with van der Waals surface area (Å²) in [5.74, 6) is -1.57. The van der Waals surface area contributed by atoms with Gasteiger partial charge in [0, 0.05) is 42.9 Å². The second kappa shape index (κ2) is 7.93. The SMILES string of the molecule is O=C1CCc2cc(N3CC[C@](O)(C(=O)CCc4cc(Cl)ccc4F)C3=O)ccc2C1. The number of hydrogen-bond acceptors (Lipinski definition) is 4. The zero-order valence-electron chi connectivity index (χ0n) is 16.3. The van der Waals surface area contributed by atoms with Gasteiger partial charge in [-0.3, -0.25) is 14.4 Å². The van der Waals surface area contributed by atoms with Crippen LogP contribution in [0, 0.1) is 5.82 Å². The Morgan fingerprint density at radius 2 is 1.93 bits per heavy atom. The van der Waals surface area contributed by atoms with Crippen LogP contribution in [0.2, 0.25) is 5.02 Å². The standard InChI is InChI=1S/C23H21ClFNO4/c24-17-4-7-20(25)16(11-17)3-8-21(28)23(30)9-10-26(22(23)29)18-5-1-15-13-19(27)6-2-14(15)12-18/h1,4-5,7,11-12,30H,2-3,6,8-10,13H2/t23-/m0/s1. The minimum absolute atomic E-state index is 0.0156. The molecule has 1 N–H and O–H groups in total. The molecule has 0 radical (unpaired) electrons. The van der Waals surface area contributed by atoms with Crippen molar-refractivity contribution in [1.29, 1.82) is 0 Å². The Morgan fingerprint density at radius 3 is 2.73 bits per heavy atom. The van der Waals surface area contributed by atoms with E-state index in [9.17, 15) is 23.9 Å². The van der Waals surface area contributed by atoms with Crippen molar-refractivity contribution in [2.45, 2.75) is 44.1 Å². The van der Waals surface area contributed by atoms with E-state index in [4.69, 9.17) is 11.6 Å². The lowest BCUT2D eigenvalue weighted by Gasteiger charge is -2.23. The van der Waals surface area contributed by atoms with Gasteiger partial charge in [0.25, 0.3) is 5.91 Å². The highest BCUT2D eigenvalue weighted by Crippen LogP contribution is 2.33. The lowest BCUT2D eigenvalue weighted by Crippen LogP contribution is -2.47. The lowest BCUT2D eigenvalue weighted by atomic mass is 9.90. The third-order valence-corrected chi connectivity index (χ3v) is 6.18. The van der Waals surface area contributed by atoms with E-state index in [0.29, 0.717) is 30.0 Å². The van der Waals surface area contributed by atoms with Crippen molar-refractivity contribution in [3.05, 3.63) is 63.9 Å². The molecule has 156 valence electrons. The van der Waals surface area contributed by atoms with Gasteiger partial charge in [-0.05, 0) is 59.9 Å². The number of amides is 1. The summed E-state index contributed by atoms with van der Waals surface area (Å²) in [6.07, 6.45) is 1.36. The summed E-state index contributed by atoms with van der Waals surface area (Å²) in [5, 5.41) is 11.2. The van der Waals surface area contributed by atoms with E-state index in [1.807, 2.05) is 12.1 Å². The number of nitrogens with zero attached hydrogens (tertiary/aromatic N) is 1. The Labute approximate surface area is 178 Å². The quantitative estimate of drug-likeness (QED) is 0.740. The van der Waals surface area contributed by atoms with Gasteiger partial charge in [-0.25, -0.2) is 4.39 Å². The van der Waals surface area contributed by atoms with Crippen LogP contribution < -0.4 is 4.90 Å². The number of ketones is 2. The molecule has 0 unspecified atom stereocenters. The topological polar surface area (TPSA) is 74.7 Å². The van der Waals surface area contributed by atoms with Crippen LogP contribution in [0.4, 0.5) is 10.1 Å². The second-order valence-electron chi connectivity index (χ2n) is 7.89. The second-order valence-corrected chi connectivity index (χ2v) is 8.33. The van der Waals surface area contributed by atoms with Gasteiger partial charge in [0.1, 0.15) is 11.6 Å². The van der Waals surface area contributed by atoms with Crippen LogP contribution >= 0.6 is 11.6 Å². The molecule has 0 saturated carbocycles. The van der Waals surface area contributed by atoms with Gasteiger partial charge in [0.15, 0.2) is 5.78 Å². The molecule has 0 spiro atoms. The molecular formula is C23H21ClFNO4. The van der Waals surface area contributed by atoms with Gasteiger partial charge in [-0.1, -0.05) is 17.7 Å². The van der Waals surface area contributed by atoms with Gasteiger partial charge in [-0.15, -0.1) is 0 Å². The Kier molecular flexibility index (Phi) is 5.47. The number of Topliss-reactive ketones (excluding diaryl/α,β-unsaturated/α-hetero) is 2. The fraction of sp³-hybridized carbons (Fsp3) is 0.348. The van der Waals surface area contributed by atoms with Crippen LogP contribution in [0.1, 0.15) is 36.0 Å². The largest absolute Gasteiger partial charge is 0.373 e. The summed E-state index contributed by atoms with van der Waals surface area (Å²) in [5.41, 5.74) is 0.735. The summed E-state index contributed by atoms with van der Waals surface area (Å²) < 4.78 is 13.9. The molecule has 2 aromatic rings. The first-order valence-corrected chi connectivity index (χ1v) is 10.3. The molecule has 1 atom stereocenters. The van der Waals surface area contributed by atoms with Crippen molar-refractivity contribution >= 4 is 34.8 Å². The molecule has 1 aliphatic carbocycles. The highest BCUT2D eigenvalue weighted by Gasteiger charge is 2.50. The molecule has 30 heavy (non-hydrogen) atoms. The maximum Gasteiger partial charge on any atom is 0.266 e. The van der Waals surface area contributed by atoms with E-state index in [1.54, 1.807) is 6.07 Å². The average molecular weight is 430 g/mol. The van der Waals surface area contributed by atoms with Crippen LogP contribution in [-0.2, 0) is 33.6 Å². The van der Waals surface area contributed by atoms with Crippen LogP contribution in [0.3, 0.4) is 0 Å². The lowest BCUT2D eigenvalue weighted by molar-refractivity contribution is -0.147. The summed E-state index contributed by atoms with van der Waals surface area (Å²) in [6, 6.07) is 9.51. The minimum atomic E-state index is -2.11. The van der Waals surface area contributed by atoms with E-state index in [0.717, 1.165) is 11.1 Å². The van der Waals surface area contributed by atoms with E-state index in [1.165, 1.54) is 23.1 Å². The number of benzene rings is 2. The first kappa shape index (κ1) is 20.7. The zero-order valence-corrected chi connectivity index (χ0v) is 17.0. The van der Waals surface area contributed by atoms with Crippen LogP contribution in [-0.4, -0.2) is 34.7 Å². The van der Waals surface area contributed by atoms with Crippen molar-refractivity contribution in [2.75, 3.05) is 11.4 Å². The van der Waals surface area contributed by atoms with E-state index in [2.05, 4.69) is 0 Å². The Morgan fingerprint density at radius 1 is 1.13 bits per heavy atom. The van der Waals surface area contributed by atoms with Gasteiger partial charge in [0.2, 0.25) is 5.60 Å². The fourth-order valence-electron chi connectivity index (χ4n) is 4.16.